The predicted octanol–water partition coefficient (Wildman–Crippen LogP) is 2.75. The summed E-state index contributed by atoms with van der Waals surface area (Å²) in [6, 6.07) is 6.44. The van der Waals surface area contributed by atoms with E-state index in [9.17, 15) is 13.6 Å². The van der Waals surface area contributed by atoms with Gasteiger partial charge in [-0.15, -0.1) is 0 Å². The summed E-state index contributed by atoms with van der Waals surface area (Å²) in [6.45, 7) is 0.796. The first-order valence-corrected chi connectivity index (χ1v) is 7.94. The van der Waals surface area contributed by atoms with E-state index in [-0.39, 0.29) is 24.4 Å². The number of carbonyl (C=O) groups is 1. The number of fused-ring (bicyclic) bond motifs is 1. The van der Waals surface area contributed by atoms with Crippen molar-refractivity contribution in [3.05, 3.63) is 58.1 Å². The summed E-state index contributed by atoms with van der Waals surface area (Å²) >= 11 is 6.12. The normalized spacial score (nSPS) is 12.8. The highest BCUT2D eigenvalue weighted by molar-refractivity contribution is 6.32. The molecule has 1 amide bonds. The van der Waals surface area contributed by atoms with E-state index in [4.69, 9.17) is 21.1 Å². The van der Waals surface area contributed by atoms with Crippen molar-refractivity contribution in [2.75, 3.05) is 13.2 Å². The van der Waals surface area contributed by atoms with Crippen LogP contribution < -0.4 is 20.3 Å². The van der Waals surface area contributed by atoms with Crippen LogP contribution in [0, 0.1) is 11.6 Å². The second-order valence-electron chi connectivity index (χ2n) is 5.42. The van der Waals surface area contributed by atoms with Crippen LogP contribution >= 0.6 is 11.6 Å². The van der Waals surface area contributed by atoms with Gasteiger partial charge in [-0.25, -0.2) is 14.2 Å². The van der Waals surface area contributed by atoms with Gasteiger partial charge in [-0.3, -0.25) is 10.2 Å². The van der Waals surface area contributed by atoms with Crippen molar-refractivity contribution in [2.45, 2.75) is 13.0 Å². The summed E-state index contributed by atoms with van der Waals surface area (Å²) in [6.07, 6.45) is 0.0367. The first-order chi connectivity index (χ1) is 12.0. The second-order valence-corrected chi connectivity index (χ2v) is 5.82. The van der Waals surface area contributed by atoms with E-state index in [1.807, 2.05) is 0 Å². The van der Waals surface area contributed by atoms with Crippen molar-refractivity contribution in [1.82, 2.24) is 10.9 Å². The van der Waals surface area contributed by atoms with Crippen molar-refractivity contribution in [1.29, 1.82) is 0 Å². The molecule has 5 nitrogen and oxygen atoms in total. The van der Waals surface area contributed by atoms with Crippen LogP contribution in [-0.4, -0.2) is 19.1 Å². The Kier molecular flexibility index (Phi) is 5.35. The number of ether oxygens (including phenoxy) is 2. The molecule has 2 aromatic rings. The maximum atomic E-state index is 13.5. The van der Waals surface area contributed by atoms with E-state index in [1.165, 1.54) is 0 Å². The van der Waals surface area contributed by atoms with Gasteiger partial charge in [0.15, 0.2) is 11.5 Å². The van der Waals surface area contributed by atoms with Crippen molar-refractivity contribution in [2.24, 2.45) is 0 Å². The fourth-order valence-corrected chi connectivity index (χ4v) is 2.70. The minimum Gasteiger partial charge on any atom is -0.486 e. The molecule has 0 saturated carbocycles. The Hall–Kier alpha value is -2.38. The molecule has 0 atom stereocenters. The molecule has 8 heteroatoms. The number of carbonyl (C=O) groups excluding carboxylic acids is 1. The van der Waals surface area contributed by atoms with Crippen LogP contribution in [-0.2, 0) is 17.8 Å². The molecule has 0 aliphatic carbocycles. The third-order valence-electron chi connectivity index (χ3n) is 3.54. The fourth-order valence-electron chi connectivity index (χ4n) is 2.41. The number of hydrazine groups is 1. The quantitative estimate of drug-likeness (QED) is 0.797. The number of nitrogens with one attached hydrogen (secondary N) is 2. The highest BCUT2D eigenvalue weighted by Crippen LogP contribution is 2.38. The number of amides is 1. The average Bonchev–Trinajstić information content (AvgIpc) is 2.58. The first kappa shape index (κ1) is 17.4. The molecule has 2 aromatic carbocycles. The molecule has 0 radical (unpaired) electrons. The van der Waals surface area contributed by atoms with Gasteiger partial charge in [-0.2, -0.15) is 0 Å². The summed E-state index contributed by atoms with van der Waals surface area (Å²) in [4.78, 5) is 12.0. The molecule has 0 spiro atoms. The summed E-state index contributed by atoms with van der Waals surface area (Å²) < 4.78 is 37.4. The van der Waals surface area contributed by atoms with E-state index >= 15 is 0 Å². The number of hydrogen-bond donors (Lipinski definition) is 2. The van der Waals surface area contributed by atoms with Gasteiger partial charge in [-0.05, 0) is 35.9 Å². The van der Waals surface area contributed by atoms with E-state index in [1.54, 1.807) is 12.1 Å². The molecule has 1 heterocycles. The van der Waals surface area contributed by atoms with Crippen LogP contribution in [0.5, 0.6) is 11.5 Å². The zero-order valence-electron chi connectivity index (χ0n) is 13.1. The number of hydrogen-bond acceptors (Lipinski definition) is 4. The number of benzene rings is 2. The largest absolute Gasteiger partial charge is 0.486 e. The molecular weight excluding hydrogens is 354 g/mol. The maximum absolute atomic E-state index is 13.5. The third kappa shape index (κ3) is 4.37. The van der Waals surface area contributed by atoms with Crippen molar-refractivity contribution >= 4 is 17.5 Å². The van der Waals surface area contributed by atoms with Gasteiger partial charge in [0, 0.05) is 12.1 Å². The molecule has 1 aliphatic rings. The second kappa shape index (κ2) is 7.67. The maximum Gasteiger partial charge on any atom is 0.238 e. The Morgan fingerprint density at radius 3 is 2.80 bits per heavy atom. The van der Waals surface area contributed by atoms with Crippen molar-refractivity contribution in [3.8, 4) is 11.5 Å². The molecule has 0 saturated heterocycles. The standard InChI is InChI=1S/C17H15ClF2N2O3/c18-13-5-10(6-15-17(13)25-4-3-24-15)7-16(23)22-21-9-11-8-12(19)1-2-14(11)20/h1-2,5-6,8,21H,3-4,7,9H2,(H,22,23). The third-order valence-corrected chi connectivity index (χ3v) is 3.82. The van der Waals surface area contributed by atoms with E-state index in [0.29, 0.717) is 35.3 Å². The number of rotatable bonds is 5. The first-order valence-electron chi connectivity index (χ1n) is 7.56. The van der Waals surface area contributed by atoms with E-state index in [0.717, 1.165) is 18.2 Å². The molecular formula is C17H15ClF2N2O3. The monoisotopic (exact) mass is 368 g/mol. The van der Waals surface area contributed by atoms with E-state index < -0.39 is 11.6 Å². The van der Waals surface area contributed by atoms with E-state index in [2.05, 4.69) is 10.9 Å². The smallest absolute Gasteiger partial charge is 0.238 e. The van der Waals surface area contributed by atoms with Gasteiger partial charge in [0.05, 0.1) is 11.4 Å². The molecule has 0 aromatic heterocycles. The van der Waals surface area contributed by atoms with Crippen LogP contribution in [0.15, 0.2) is 30.3 Å². The Morgan fingerprint density at radius 1 is 1.16 bits per heavy atom. The summed E-state index contributed by atoms with van der Waals surface area (Å²) in [5.41, 5.74) is 5.76. The van der Waals surface area contributed by atoms with Gasteiger partial charge in [0.2, 0.25) is 5.91 Å². The number of halogens is 3. The SMILES string of the molecule is O=C(Cc1cc(Cl)c2c(c1)OCCO2)NNCc1cc(F)ccc1F. The van der Waals surface area contributed by atoms with Crippen LogP contribution in [0.2, 0.25) is 5.02 Å². The van der Waals surface area contributed by atoms with Gasteiger partial charge in [-0.1, -0.05) is 11.6 Å². The van der Waals surface area contributed by atoms with Crippen LogP contribution in [0.4, 0.5) is 8.78 Å². The lowest BCUT2D eigenvalue weighted by Gasteiger charge is -2.20. The average molecular weight is 369 g/mol. The fraction of sp³-hybridized carbons (Fsp3) is 0.235. The Morgan fingerprint density at radius 2 is 1.96 bits per heavy atom. The minimum atomic E-state index is -0.554. The lowest BCUT2D eigenvalue weighted by molar-refractivity contribution is -0.121. The van der Waals surface area contributed by atoms with Gasteiger partial charge in [0.1, 0.15) is 24.8 Å². The van der Waals surface area contributed by atoms with Gasteiger partial charge < -0.3 is 9.47 Å². The molecule has 2 N–H and O–H groups in total. The lowest BCUT2D eigenvalue weighted by atomic mass is 10.1. The summed E-state index contributed by atoms with van der Waals surface area (Å²) in [5.74, 6) is -0.491. The molecule has 1 aliphatic heterocycles. The summed E-state index contributed by atoms with van der Waals surface area (Å²) in [5, 5.41) is 0.370. The van der Waals surface area contributed by atoms with Gasteiger partial charge >= 0.3 is 0 Å². The summed E-state index contributed by atoms with van der Waals surface area (Å²) in [7, 11) is 0. The predicted molar refractivity (Wildman–Crippen MR) is 87.5 cm³/mol. The molecule has 3 rings (SSSR count). The Balaban J connectivity index is 1.56. The zero-order chi connectivity index (χ0) is 17.8. The highest BCUT2D eigenvalue weighted by atomic mass is 35.5. The van der Waals surface area contributed by atoms with Crippen molar-refractivity contribution < 1.29 is 23.0 Å². The van der Waals surface area contributed by atoms with Crippen LogP contribution in [0.25, 0.3) is 0 Å². The molecule has 132 valence electrons. The Bertz CT molecular complexity index is 802. The molecule has 0 unspecified atom stereocenters. The van der Waals surface area contributed by atoms with Crippen LogP contribution in [0.1, 0.15) is 11.1 Å². The van der Waals surface area contributed by atoms with Crippen molar-refractivity contribution in [3.63, 3.8) is 0 Å². The molecule has 0 bridgehead atoms. The molecule has 0 fully saturated rings. The minimum absolute atomic E-state index is 0.0367. The zero-order valence-corrected chi connectivity index (χ0v) is 13.8. The lowest BCUT2D eigenvalue weighted by Crippen LogP contribution is -2.38. The van der Waals surface area contributed by atoms with Gasteiger partial charge in [0.25, 0.3) is 0 Å². The highest BCUT2D eigenvalue weighted by Gasteiger charge is 2.17. The molecule has 25 heavy (non-hydrogen) atoms. The van der Waals surface area contributed by atoms with Crippen LogP contribution in [0.3, 0.4) is 0 Å². The topological polar surface area (TPSA) is 59.6 Å². The Labute approximate surface area is 147 Å².